The Balaban J connectivity index is 0.000000295. The second kappa shape index (κ2) is 12.4. The van der Waals surface area contributed by atoms with E-state index in [-0.39, 0.29) is 37.4 Å². The largest absolute Gasteiger partial charge is 0.481 e. The topological polar surface area (TPSA) is 212 Å². The zero-order chi connectivity index (χ0) is 21.1. The molecular formula is C15H28N6O6S. The molecule has 0 saturated carbocycles. The molecule has 160 valence electrons. The van der Waals surface area contributed by atoms with E-state index in [1.165, 1.54) is 0 Å². The normalized spacial score (nSPS) is 23.5. The molecule has 10 N–H and O–H groups in total. The van der Waals surface area contributed by atoms with Gasteiger partial charge >= 0.3 is 18.0 Å². The molecule has 0 spiro atoms. The van der Waals surface area contributed by atoms with Crippen molar-refractivity contribution in [2.45, 2.75) is 61.9 Å². The molecule has 2 aliphatic heterocycles. The van der Waals surface area contributed by atoms with Crippen LogP contribution >= 0.6 is 11.8 Å². The lowest BCUT2D eigenvalue weighted by atomic mass is 10.0. The van der Waals surface area contributed by atoms with Crippen molar-refractivity contribution in [3.63, 3.8) is 0 Å². The predicted molar refractivity (Wildman–Crippen MR) is 101 cm³/mol. The quantitative estimate of drug-likeness (QED) is 0.0920. The summed E-state index contributed by atoms with van der Waals surface area (Å²) in [5.74, 6) is 8.57. The zero-order valence-electron chi connectivity index (χ0n) is 15.4. The van der Waals surface area contributed by atoms with Crippen LogP contribution < -0.4 is 33.5 Å². The summed E-state index contributed by atoms with van der Waals surface area (Å²) in [4.78, 5) is 46.4. The Morgan fingerprint density at radius 2 is 2.00 bits per heavy atom. The maximum absolute atomic E-state index is 11.1. The fraction of sp³-hybridized carbons (Fsp3) is 0.733. The molecule has 12 nitrogen and oxygen atoms in total. The van der Waals surface area contributed by atoms with Gasteiger partial charge in [-0.2, -0.15) is 17.7 Å². The number of aliphatic carboxylic acids is 1. The van der Waals surface area contributed by atoms with E-state index in [2.05, 4.69) is 26.8 Å². The summed E-state index contributed by atoms with van der Waals surface area (Å²) in [6.45, 7) is 0. The van der Waals surface area contributed by atoms with Gasteiger partial charge < -0.3 is 26.3 Å². The number of hydrogen-bond donors (Lipinski definition) is 7. The second-order valence-corrected chi connectivity index (χ2v) is 7.69. The minimum Gasteiger partial charge on any atom is -0.481 e. The molecule has 3 amide bonds. The average Bonchev–Trinajstić information content (AvgIpc) is 3.18. The molecule has 2 aliphatic rings. The molecule has 0 aromatic carbocycles. The molecule has 0 aromatic rings. The van der Waals surface area contributed by atoms with Crippen LogP contribution in [-0.2, 0) is 19.2 Å². The first-order valence-electron chi connectivity index (χ1n) is 8.83. The van der Waals surface area contributed by atoms with Crippen molar-refractivity contribution < 1.29 is 29.1 Å². The van der Waals surface area contributed by atoms with Gasteiger partial charge in [0.1, 0.15) is 6.04 Å². The number of nitrogens with two attached hydrogens (primary N) is 3. The van der Waals surface area contributed by atoms with Crippen LogP contribution in [0.4, 0.5) is 4.79 Å². The number of hydrazine groups is 1. The Bertz CT molecular complexity index is 565. The third-order valence-corrected chi connectivity index (χ3v) is 5.86. The Hall–Kier alpha value is -2.09. The van der Waals surface area contributed by atoms with E-state index < -0.39 is 23.9 Å². The molecule has 2 fully saturated rings. The molecule has 2 saturated heterocycles. The monoisotopic (exact) mass is 420 g/mol. The van der Waals surface area contributed by atoms with Crippen LogP contribution in [0.15, 0.2) is 0 Å². The zero-order valence-corrected chi connectivity index (χ0v) is 16.2. The fourth-order valence-corrected chi connectivity index (χ4v) is 4.45. The highest BCUT2D eigenvalue weighted by Gasteiger charge is 2.42. The molecule has 2 rings (SSSR count). The van der Waals surface area contributed by atoms with E-state index in [0.29, 0.717) is 5.25 Å². The van der Waals surface area contributed by atoms with Gasteiger partial charge in [-0.15, -0.1) is 0 Å². The maximum atomic E-state index is 11.1. The lowest BCUT2D eigenvalue weighted by Crippen LogP contribution is -2.43. The van der Waals surface area contributed by atoms with E-state index in [1.54, 1.807) is 0 Å². The van der Waals surface area contributed by atoms with Crippen molar-refractivity contribution in [3.05, 3.63) is 0 Å². The van der Waals surface area contributed by atoms with Crippen molar-refractivity contribution in [1.29, 1.82) is 0 Å². The third-order valence-electron chi connectivity index (χ3n) is 4.35. The number of carboxylic acids is 1. The van der Waals surface area contributed by atoms with Gasteiger partial charge in [0, 0.05) is 23.8 Å². The summed E-state index contributed by atoms with van der Waals surface area (Å²) in [6.07, 6.45) is 3.09. The Kier molecular flexibility index (Phi) is 10.6. The highest BCUT2D eigenvalue weighted by Crippen LogP contribution is 2.33. The van der Waals surface area contributed by atoms with E-state index in [1.807, 2.05) is 11.8 Å². The molecule has 28 heavy (non-hydrogen) atoms. The fourth-order valence-electron chi connectivity index (χ4n) is 2.90. The minimum absolute atomic E-state index is 0.0456. The maximum Gasteiger partial charge on any atom is 0.342 e. The van der Waals surface area contributed by atoms with E-state index in [4.69, 9.17) is 16.7 Å². The summed E-state index contributed by atoms with van der Waals surface area (Å²) >= 11 is 1.87. The molecule has 13 heteroatoms. The number of carbonyl (C=O) groups excluding carboxylic acids is 3. The Labute approximate surface area is 166 Å². The number of nitrogens with one attached hydrogen (secondary N) is 3. The van der Waals surface area contributed by atoms with Crippen molar-refractivity contribution in [2.75, 3.05) is 5.75 Å². The summed E-state index contributed by atoms with van der Waals surface area (Å²) in [6, 6.07) is -0.349. The van der Waals surface area contributed by atoms with Gasteiger partial charge in [-0.05, 0) is 19.3 Å². The van der Waals surface area contributed by atoms with Gasteiger partial charge in [0.25, 0.3) is 0 Å². The Morgan fingerprint density at radius 3 is 2.57 bits per heavy atom. The van der Waals surface area contributed by atoms with Gasteiger partial charge in [-0.1, -0.05) is 6.42 Å². The van der Waals surface area contributed by atoms with Gasteiger partial charge in [0.2, 0.25) is 5.91 Å². The molecule has 2 heterocycles. The molecule has 0 radical (unpaired) electrons. The summed E-state index contributed by atoms with van der Waals surface area (Å²) < 4.78 is 0. The van der Waals surface area contributed by atoms with Crippen molar-refractivity contribution in [1.82, 2.24) is 16.1 Å². The number of amides is 3. The number of thioether (sulfide) groups is 1. The first-order valence-corrected chi connectivity index (χ1v) is 9.88. The lowest BCUT2D eigenvalue weighted by molar-refractivity contribution is -0.147. The van der Waals surface area contributed by atoms with E-state index in [9.17, 15) is 19.2 Å². The standard InChI is InChI=1S/C10H16N2O3S.C5H12N4O3/c13-8(14)4-2-1-3-7-9-6(5-16-7)11-10(15)12-9;6-4(10)2-1-3(9-7)5(11)12-8/h6-7,9H,1-5H2,(H,13,14)(H2,11,12,15);3,9H,1-2,7-8H2,(H2,6,10)/t6-,7-,9-;3-/m00/s1. The molecular weight excluding hydrogens is 392 g/mol. The first-order chi connectivity index (χ1) is 13.3. The van der Waals surface area contributed by atoms with Gasteiger partial charge in [0.05, 0.1) is 12.1 Å². The third kappa shape index (κ3) is 8.29. The van der Waals surface area contributed by atoms with Gasteiger partial charge in [0.15, 0.2) is 0 Å². The summed E-state index contributed by atoms with van der Waals surface area (Å²) in [5.41, 5.74) is 6.99. The highest BCUT2D eigenvalue weighted by atomic mass is 32.2. The lowest BCUT2D eigenvalue weighted by Gasteiger charge is -2.16. The number of carbonyl (C=O) groups is 4. The van der Waals surface area contributed by atoms with Gasteiger partial charge in [-0.3, -0.25) is 15.4 Å². The number of primary amides is 1. The molecule has 0 unspecified atom stereocenters. The minimum atomic E-state index is -0.789. The average molecular weight is 420 g/mol. The van der Waals surface area contributed by atoms with Crippen LogP contribution in [0.1, 0.15) is 38.5 Å². The van der Waals surface area contributed by atoms with Crippen LogP contribution in [0, 0.1) is 0 Å². The van der Waals surface area contributed by atoms with Crippen LogP contribution in [0.25, 0.3) is 0 Å². The highest BCUT2D eigenvalue weighted by molar-refractivity contribution is 8.00. The SMILES string of the molecule is NN[C@@H](CCC(N)=O)C(=O)ON.O=C(O)CCCC[C@@H]1SC[C@@H]2NC(=O)N[C@@H]21. The molecule has 0 bridgehead atoms. The molecule has 4 atom stereocenters. The van der Waals surface area contributed by atoms with Crippen molar-refractivity contribution in [3.8, 4) is 0 Å². The number of urea groups is 1. The second-order valence-electron chi connectivity index (χ2n) is 6.42. The molecule has 0 aliphatic carbocycles. The number of fused-ring (bicyclic) bond motifs is 1. The van der Waals surface area contributed by atoms with Crippen LogP contribution in [0.5, 0.6) is 0 Å². The number of rotatable bonds is 10. The van der Waals surface area contributed by atoms with Crippen molar-refractivity contribution in [2.24, 2.45) is 17.5 Å². The predicted octanol–water partition coefficient (Wildman–Crippen LogP) is -1.70. The van der Waals surface area contributed by atoms with Crippen LogP contribution in [0.3, 0.4) is 0 Å². The van der Waals surface area contributed by atoms with E-state index in [0.717, 1.165) is 25.0 Å². The number of unbranched alkanes of at least 4 members (excludes halogenated alkanes) is 1. The van der Waals surface area contributed by atoms with Gasteiger partial charge in [-0.25, -0.2) is 15.0 Å². The molecule has 0 aromatic heterocycles. The van der Waals surface area contributed by atoms with E-state index >= 15 is 0 Å². The number of hydrogen-bond acceptors (Lipinski definition) is 9. The Morgan fingerprint density at radius 1 is 1.29 bits per heavy atom. The first kappa shape index (κ1) is 23.9. The summed E-state index contributed by atoms with van der Waals surface area (Å²) in [7, 11) is 0. The smallest absolute Gasteiger partial charge is 0.342 e. The summed E-state index contributed by atoms with van der Waals surface area (Å²) in [5, 5.41) is 14.8. The van der Waals surface area contributed by atoms with Crippen LogP contribution in [-0.4, -0.2) is 58.1 Å². The van der Waals surface area contributed by atoms with Crippen molar-refractivity contribution >= 4 is 35.6 Å². The van der Waals surface area contributed by atoms with Crippen LogP contribution in [0.2, 0.25) is 0 Å². The number of carboxylic acid groups (broad SMARTS) is 1.